The molecule has 123 heavy (non-hydrogen) atoms. The van der Waals surface area contributed by atoms with E-state index in [1.807, 2.05) is 28.7 Å². The summed E-state index contributed by atoms with van der Waals surface area (Å²) in [7, 11) is -0.292. The highest BCUT2D eigenvalue weighted by Crippen LogP contribution is 2.53. The maximum atomic E-state index is 16.6. The molecule has 2 amide bonds. The third kappa shape index (κ3) is 27.5. The molecule has 654 valence electrons. The molecular weight excluding hydrogens is 1580 g/mol. The van der Waals surface area contributed by atoms with Crippen LogP contribution in [0.5, 0.6) is 0 Å². The van der Waals surface area contributed by atoms with Crippen molar-refractivity contribution in [3.8, 4) is 73.8 Å². The van der Waals surface area contributed by atoms with Crippen molar-refractivity contribution >= 4 is 81.1 Å². The number of benzene rings is 6. The van der Waals surface area contributed by atoms with E-state index in [-0.39, 0.29) is 30.1 Å². The normalized spacial score (nSPS) is 14.8. The monoisotopic (exact) mass is 1720 g/mol. The van der Waals surface area contributed by atoms with E-state index in [0.29, 0.717) is 36.1 Å². The molecule has 1 saturated heterocycles. The largest absolute Gasteiger partial charge is 0.494 e. The summed E-state index contributed by atoms with van der Waals surface area (Å²) in [5.41, 5.74) is 13.2. The zero-order chi connectivity index (χ0) is 85.9. The predicted octanol–water partition coefficient (Wildman–Crippen LogP) is 34.3. The molecule has 6 aromatic carbocycles. The van der Waals surface area contributed by atoms with Gasteiger partial charge in [0.25, 0.3) is 11.8 Å². The lowest BCUT2D eigenvalue weighted by atomic mass is 9.78. The topological polar surface area (TPSA) is 59.1 Å². The predicted molar refractivity (Wildman–Crippen MR) is 536 cm³/mol. The molecule has 3 aliphatic heterocycles. The second kappa shape index (κ2) is 50.2. The Morgan fingerprint density at radius 3 is 0.756 bits per heavy atom. The van der Waals surface area contributed by atoms with Crippen molar-refractivity contribution in [2.75, 3.05) is 13.1 Å². The number of nitrogens with zero attached hydrogens (tertiary/aromatic N) is 2. The fourth-order valence-electron chi connectivity index (χ4n) is 18.2. The maximum Gasteiger partial charge on any atom is 0.494 e. The maximum absolute atomic E-state index is 16.6. The van der Waals surface area contributed by atoms with Crippen LogP contribution in [-0.4, -0.2) is 53.0 Å². The molecule has 4 aromatic heterocycles. The third-order valence-electron chi connectivity index (χ3n) is 26.4. The lowest BCUT2D eigenvalue weighted by molar-refractivity contribution is -0.124. The van der Waals surface area contributed by atoms with Gasteiger partial charge in [-0.25, -0.2) is 0 Å². The molecule has 0 spiro atoms. The molecule has 0 aliphatic carbocycles. The fraction of sp³-hybridized carbons (Fsp3) is 0.482. The number of carbonyl (C=O) groups is 2. The van der Waals surface area contributed by atoms with E-state index in [1.165, 1.54) is 305 Å². The summed E-state index contributed by atoms with van der Waals surface area (Å²) >= 11 is 7.21. The van der Waals surface area contributed by atoms with Gasteiger partial charge in [-0.1, -0.05) is 423 Å². The van der Waals surface area contributed by atoms with Crippen LogP contribution >= 0.6 is 45.3 Å². The quantitative estimate of drug-likeness (QED) is 0.0282. The second-order valence-electron chi connectivity index (χ2n) is 36.6. The lowest BCUT2D eigenvalue weighted by Crippen LogP contribution is -2.41. The minimum Gasteiger partial charge on any atom is -0.399 e. The minimum absolute atomic E-state index is 0.0313. The van der Waals surface area contributed by atoms with E-state index < -0.39 is 0 Å². The zero-order valence-electron chi connectivity index (χ0n) is 76.3. The van der Waals surface area contributed by atoms with Crippen LogP contribution in [0.1, 0.15) is 322 Å². The van der Waals surface area contributed by atoms with Crippen LogP contribution in [0.15, 0.2) is 223 Å². The molecule has 0 bridgehead atoms. The SMILES string of the molecule is CC1(C)OB(c2ccc(-c3ccccc3)cc2)OC1(C)C.CCCCCCCCCCCCC(CCCCCCCCCC)CN1C(=O)C2=C(c3ccc(-c4ccc(-c5ccc(-c6ccccc6)cc5)s4)s3)N(CC(CCCCCCCCCC)CCCCCCCCCCCC)C(=O)C2=C1c1ccc(-c2ccc(-c3ccc(-c4ccccc4)cc3)s2)s1. The van der Waals surface area contributed by atoms with Crippen molar-refractivity contribution in [3.05, 3.63) is 233 Å². The average Bonchev–Trinajstić information content (AvgIpc) is 1.55. The van der Waals surface area contributed by atoms with Gasteiger partial charge in [-0.15, -0.1) is 45.3 Å². The lowest BCUT2D eigenvalue weighted by Gasteiger charge is -2.32. The number of hydrogen-bond acceptors (Lipinski definition) is 8. The Morgan fingerprint density at radius 1 is 0.260 bits per heavy atom. The first-order valence-corrected chi connectivity index (χ1v) is 51.9. The molecule has 10 aromatic rings. The Bertz CT molecular complexity index is 4530. The summed E-state index contributed by atoms with van der Waals surface area (Å²) in [6, 6.07) is 76.2. The first kappa shape index (κ1) is 94.7. The van der Waals surface area contributed by atoms with E-state index in [2.05, 4.69) is 271 Å². The zero-order valence-corrected chi connectivity index (χ0v) is 79.6. The third-order valence-corrected chi connectivity index (χ3v) is 31.2. The van der Waals surface area contributed by atoms with Crippen LogP contribution < -0.4 is 5.46 Å². The van der Waals surface area contributed by atoms with Crippen LogP contribution in [0.2, 0.25) is 0 Å². The van der Waals surface area contributed by atoms with Crippen LogP contribution in [0.4, 0.5) is 0 Å². The Kier molecular flexibility index (Phi) is 38.6. The van der Waals surface area contributed by atoms with Gasteiger partial charge in [0.05, 0.1) is 43.5 Å². The molecular formula is C112H145BN2O4S4. The first-order valence-electron chi connectivity index (χ1n) is 48.6. The molecule has 3 aliphatic rings. The van der Waals surface area contributed by atoms with Gasteiger partial charge in [0.15, 0.2) is 0 Å². The van der Waals surface area contributed by atoms with E-state index in [1.54, 1.807) is 22.7 Å². The van der Waals surface area contributed by atoms with Crippen LogP contribution in [0.25, 0.3) is 85.2 Å². The standard InChI is InChI=1S/C94H124N2O2S4.C18H21BO2/c1-5-9-13-17-21-25-27-31-35-41-49-73(47-39-33-29-23-19-15-11-7-3)71-95-91(87-69-67-85(101-87)83-65-63-81(99-83)79-59-55-77(56-60-79)75-51-43-37-44-52-75)89-90(93(95)97)92(88-70-68-86(102-88)84-66-64-82(100-84)80-61-57-78(58-62-80)76-53-45-38-46-54-76)96(94(89)98)72-74(48-40-34-30-24-20-16-12-8-4)50-42-36-32-28-26-22-18-14-10-6-2;1-17(2)18(3,4)21-19(20-17)16-12-10-15(11-13-16)14-8-6-5-7-9-14/h37-38,43-46,51-70,73-74H,5-36,39-42,47-50,71-72H2,1-4H3;5-13H,1-4H3. The molecule has 11 heteroatoms. The van der Waals surface area contributed by atoms with Gasteiger partial charge >= 0.3 is 7.12 Å². The molecule has 0 N–H and O–H groups in total. The molecule has 13 rings (SSSR count). The van der Waals surface area contributed by atoms with Crippen LogP contribution in [0.3, 0.4) is 0 Å². The number of thiophene rings is 4. The van der Waals surface area contributed by atoms with Crippen molar-refractivity contribution in [2.24, 2.45) is 11.8 Å². The van der Waals surface area contributed by atoms with Crippen molar-refractivity contribution in [1.29, 1.82) is 0 Å². The molecule has 6 nitrogen and oxygen atoms in total. The average molecular weight is 1720 g/mol. The van der Waals surface area contributed by atoms with Gasteiger partial charge in [0.1, 0.15) is 0 Å². The van der Waals surface area contributed by atoms with Gasteiger partial charge in [0, 0.05) is 42.4 Å². The second-order valence-corrected chi connectivity index (χ2v) is 40.9. The van der Waals surface area contributed by atoms with Crippen molar-refractivity contribution in [1.82, 2.24) is 9.80 Å². The number of carbonyl (C=O) groups excluding carboxylic acids is 2. The highest BCUT2D eigenvalue weighted by Gasteiger charge is 2.52. The summed E-state index contributed by atoms with van der Waals surface area (Å²) in [5.74, 6) is 0.745. The van der Waals surface area contributed by atoms with Gasteiger partial charge in [-0.2, -0.15) is 0 Å². The number of amides is 2. The first-order chi connectivity index (χ1) is 60.2. The van der Waals surface area contributed by atoms with E-state index in [4.69, 9.17) is 9.31 Å². The van der Waals surface area contributed by atoms with Crippen LogP contribution in [-0.2, 0) is 18.9 Å². The smallest absolute Gasteiger partial charge is 0.399 e. The Balaban J connectivity index is 0.000000568. The van der Waals surface area contributed by atoms with Crippen molar-refractivity contribution in [3.63, 3.8) is 0 Å². The Labute approximate surface area is 759 Å². The van der Waals surface area contributed by atoms with Crippen molar-refractivity contribution in [2.45, 2.75) is 323 Å². The summed E-state index contributed by atoms with van der Waals surface area (Å²) in [4.78, 5) is 46.8. The number of fused-ring (bicyclic) bond motifs is 1. The van der Waals surface area contributed by atoms with Gasteiger partial charge in [0.2, 0.25) is 0 Å². The highest BCUT2D eigenvalue weighted by molar-refractivity contribution is 7.25. The molecule has 1 fully saturated rings. The number of hydrogen-bond donors (Lipinski definition) is 0. The van der Waals surface area contributed by atoms with E-state index in [0.717, 1.165) is 52.3 Å². The number of rotatable bonds is 54. The molecule has 7 heterocycles. The van der Waals surface area contributed by atoms with Gasteiger partial charge in [-0.3, -0.25) is 9.59 Å². The molecule has 0 radical (unpaired) electrons. The molecule has 2 unspecified atom stereocenters. The summed E-state index contributed by atoms with van der Waals surface area (Å²) in [6.45, 7) is 18.8. The summed E-state index contributed by atoms with van der Waals surface area (Å²) in [6.07, 6.45) is 51.3. The number of unbranched alkanes of at least 4 members (excludes halogenated alkanes) is 32. The Morgan fingerprint density at radius 2 is 0.480 bits per heavy atom. The highest BCUT2D eigenvalue weighted by atomic mass is 32.1. The molecule has 0 saturated carbocycles. The Hall–Kier alpha value is -7.48. The fourth-order valence-corrected chi connectivity index (χ4v) is 22.5. The minimum atomic E-state index is -0.296. The summed E-state index contributed by atoms with van der Waals surface area (Å²) in [5, 5.41) is 0. The van der Waals surface area contributed by atoms with Gasteiger partial charge in [-0.05, 0) is 164 Å². The summed E-state index contributed by atoms with van der Waals surface area (Å²) < 4.78 is 12.1. The van der Waals surface area contributed by atoms with Gasteiger partial charge < -0.3 is 19.1 Å². The van der Waals surface area contributed by atoms with Crippen LogP contribution in [0, 0.1) is 11.8 Å². The van der Waals surface area contributed by atoms with Crippen molar-refractivity contribution < 1.29 is 18.9 Å². The molecule has 2 atom stereocenters. The van der Waals surface area contributed by atoms with E-state index >= 15 is 9.59 Å². The van der Waals surface area contributed by atoms with E-state index in [9.17, 15) is 0 Å².